The highest BCUT2D eigenvalue weighted by Gasteiger charge is 2.31. The maximum absolute atomic E-state index is 13.2. The van der Waals surface area contributed by atoms with Crippen LogP contribution in [0.25, 0.3) is 0 Å². The van der Waals surface area contributed by atoms with E-state index in [1.807, 2.05) is 18.2 Å². The Labute approximate surface area is 197 Å². The van der Waals surface area contributed by atoms with Crippen molar-refractivity contribution in [2.75, 3.05) is 22.8 Å². The quantitative estimate of drug-likeness (QED) is 0.524. The van der Waals surface area contributed by atoms with Crippen molar-refractivity contribution in [1.29, 1.82) is 5.26 Å². The molecule has 1 amide bonds. The standard InChI is InChI=1S/C25H21N3O5S/c26-14-12-18-8-10-21(11-9-18)27-24(29)17-33-25(30)20-5-3-6-22(16-20)34(31,32)28-15-13-19-4-1-2-7-23(19)28/h1-11,16H,12-13,15,17H2,(H,27,29). The summed E-state index contributed by atoms with van der Waals surface area (Å²) in [6, 6.07) is 21.7. The van der Waals surface area contributed by atoms with E-state index in [1.165, 1.54) is 28.6 Å². The number of nitrogens with zero attached hydrogens (tertiary/aromatic N) is 2. The number of hydrogen-bond acceptors (Lipinski definition) is 6. The minimum absolute atomic E-state index is 0.0273. The first-order chi connectivity index (χ1) is 16.4. The number of carbonyl (C=O) groups excluding carboxylic acids is 2. The van der Waals surface area contributed by atoms with E-state index in [-0.39, 0.29) is 16.9 Å². The lowest BCUT2D eigenvalue weighted by molar-refractivity contribution is -0.119. The maximum atomic E-state index is 13.2. The summed E-state index contributed by atoms with van der Waals surface area (Å²) < 4.78 is 32.8. The molecule has 4 rings (SSSR count). The molecule has 0 bridgehead atoms. The summed E-state index contributed by atoms with van der Waals surface area (Å²) in [6.45, 7) is -0.205. The van der Waals surface area contributed by atoms with Crippen LogP contribution in [-0.4, -0.2) is 33.4 Å². The fraction of sp³-hybridized carbons (Fsp3) is 0.160. The van der Waals surface area contributed by atoms with Gasteiger partial charge in [0, 0.05) is 12.2 Å². The first-order valence-electron chi connectivity index (χ1n) is 10.5. The van der Waals surface area contributed by atoms with Crippen LogP contribution >= 0.6 is 0 Å². The molecule has 9 heteroatoms. The molecule has 1 heterocycles. The van der Waals surface area contributed by atoms with Crippen LogP contribution in [0.1, 0.15) is 21.5 Å². The molecule has 1 aliphatic heterocycles. The number of nitrogens with one attached hydrogen (secondary N) is 1. The molecule has 0 aromatic heterocycles. The van der Waals surface area contributed by atoms with Crippen LogP contribution in [-0.2, 0) is 32.4 Å². The predicted octanol–water partition coefficient (Wildman–Crippen LogP) is 3.30. The summed E-state index contributed by atoms with van der Waals surface area (Å²) in [6.07, 6.45) is 0.887. The first-order valence-corrected chi connectivity index (χ1v) is 12.0. The third-order valence-corrected chi connectivity index (χ3v) is 7.17. The Morgan fingerprint density at radius 1 is 1.03 bits per heavy atom. The van der Waals surface area contributed by atoms with Crippen molar-refractivity contribution in [3.8, 4) is 6.07 Å². The maximum Gasteiger partial charge on any atom is 0.338 e. The van der Waals surface area contributed by atoms with Crippen LogP contribution < -0.4 is 9.62 Å². The van der Waals surface area contributed by atoms with E-state index in [1.54, 1.807) is 36.4 Å². The van der Waals surface area contributed by atoms with E-state index in [9.17, 15) is 18.0 Å². The molecule has 34 heavy (non-hydrogen) atoms. The zero-order valence-corrected chi connectivity index (χ0v) is 18.9. The number of anilines is 2. The van der Waals surface area contributed by atoms with Crippen LogP contribution in [0.5, 0.6) is 0 Å². The highest BCUT2D eigenvalue weighted by Crippen LogP contribution is 2.32. The third kappa shape index (κ3) is 4.92. The van der Waals surface area contributed by atoms with Crippen molar-refractivity contribution in [1.82, 2.24) is 0 Å². The molecule has 0 unspecified atom stereocenters. The van der Waals surface area contributed by atoms with Crippen LogP contribution in [0.3, 0.4) is 0 Å². The molecule has 0 atom stereocenters. The van der Waals surface area contributed by atoms with Gasteiger partial charge in [-0.1, -0.05) is 36.4 Å². The summed E-state index contributed by atoms with van der Waals surface area (Å²) in [5.41, 5.74) is 2.93. The summed E-state index contributed by atoms with van der Waals surface area (Å²) >= 11 is 0. The van der Waals surface area contributed by atoms with Crippen molar-refractivity contribution >= 4 is 33.3 Å². The molecular formula is C25H21N3O5S. The van der Waals surface area contributed by atoms with Gasteiger partial charge in [-0.2, -0.15) is 5.26 Å². The predicted molar refractivity (Wildman–Crippen MR) is 126 cm³/mol. The SMILES string of the molecule is N#CCc1ccc(NC(=O)COC(=O)c2cccc(S(=O)(=O)N3CCc4ccccc43)c2)cc1. The van der Waals surface area contributed by atoms with E-state index < -0.39 is 28.5 Å². The van der Waals surface area contributed by atoms with Gasteiger partial charge in [0.1, 0.15) is 0 Å². The zero-order valence-electron chi connectivity index (χ0n) is 18.1. The zero-order chi connectivity index (χ0) is 24.1. The fourth-order valence-electron chi connectivity index (χ4n) is 3.68. The van der Waals surface area contributed by atoms with Gasteiger partial charge in [-0.25, -0.2) is 13.2 Å². The smallest absolute Gasteiger partial charge is 0.338 e. The number of hydrogen-bond donors (Lipinski definition) is 1. The van der Waals surface area contributed by atoms with Gasteiger partial charge in [0.25, 0.3) is 15.9 Å². The Morgan fingerprint density at radius 3 is 2.56 bits per heavy atom. The Morgan fingerprint density at radius 2 is 1.79 bits per heavy atom. The molecule has 1 N–H and O–H groups in total. The molecule has 3 aromatic rings. The van der Waals surface area contributed by atoms with Crippen molar-refractivity contribution in [3.05, 3.63) is 89.5 Å². The highest BCUT2D eigenvalue weighted by molar-refractivity contribution is 7.92. The summed E-state index contributed by atoms with van der Waals surface area (Å²) in [5.74, 6) is -1.35. The molecule has 0 fully saturated rings. The van der Waals surface area contributed by atoms with Crippen LogP contribution in [0.15, 0.2) is 77.7 Å². The number of esters is 1. The lowest BCUT2D eigenvalue weighted by atomic mass is 10.1. The number of benzene rings is 3. The van der Waals surface area contributed by atoms with Gasteiger partial charge >= 0.3 is 5.97 Å². The van der Waals surface area contributed by atoms with Crippen LogP contribution in [0.4, 0.5) is 11.4 Å². The van der Waals surface area contributed by atoms with Crippen molar-refractivity contribution in [2.45, 2.75) is 17.7 Å². The number of rotatable bonds is 7. The molecule has 3 aromatic carbocycles. The minimum Gasteiger partial charge on any atom is -0.452 e. The normalized spacial score (nSPS) is 12.5. The molecule has 0 aliphatic carbocycles. The lowest BCUT2D eigenvalue weighted by Gasteiger charge is -2.19. The molecule has 1 aliphatic rings. The topological polar surface area (TPSA) is 117 Å². The summed E-state index contributed by atoms with van der Waals surface area (Å²) in [5, 5.41) is 11.3. The number of para-hydroxylation sites is 1. The number of amides is 1. The Balaban J connectivity index is 1.40. The summed E-state index contributed by atoms with van der Waals surface area (Å²) in [4.78, 5) is 24.6. The van der Waals surface area contributed by atoms with E-state index in [2.05, 4.69) is 5.32 Å². The third-order valence-electron chi connectivity index (χ3n) is 5.36. The van der Waals surface area contributed by atoms with Gasteiger partial charge in [-0.15, -0.1) is 0 Å². The van der Waals surface area contributed by atoms with Gasteiger partial charge in [0.15, 0.2) is 6.61 Å². The molecule has 0 spiro atoms. The highest BCUT2D eigenvalue weighted by atomic mass is 32.2. The molecule has 0 radical (unpaired) electrons. The van der Waals surface area contributed by atoms with E-state index in [4.69, 9.17) is 10.00 Å². The Bertz CT molecular complexity index is 1380. The lowest BCUT2D eigenvalue weighted by Crippen LogP contribution is -2.29. The number of fused-ring (bicyclic) bond motifs is 1. The number of ether oxygens (including phenoxy) is 1. The molecular weight excluding hydrogens is 454 g/mol. The number of nitriles is 1. The average molecular weight is 476 g/mol. The second-order valence-electron chi connectivity index (χ2n) is 7.64. The monoisotopic (exact) mass is 475 g/mol. The Hall–Kier alpha value is -4.16. The van der Waals surface area contributed by atoms with E-state index in [0.29, 0.717) is 24.3 Å². The molecule has 172 valence electrons. The van der Waals surface area contributed by atoms with Crippen LogP contribution in [0, 0.1) is 11.3 Å². The van der Waals surface area contributed by atoms with Gasteiger partial charge in [0.2, 0.25) is 0 Å². The average Bonchev–Trinajstić information content (AvgIpc) is 3.29. The number of carbonyl (C=O) groups is 2. The Kier molecular flexibility index (Phi) is 6.61. The summed E-state index contributed by atoms with van der Waals surface area (Å²) in [7, 11) is -3.86. The van der Waals surface area contributed by atoms with E-state index in [0.717, 1.165) is 11.1 Å². The van der Waals surface area contributed by atoms with Gasteiger partial charge in [0.05, 0.1) is 28.6 Å². The first kappa shape index (κ1) is 23.0. The minimum atomic E-state index is -3.86. The van der Waals surface area contributed by atoms with Crippen molar-refractivity contribution < 1.29 is 22.7 Å². The van der Waals surface area contributed by atoms with E-state index >= 15 is 0 Å². The van der Waals surface area contributed by atoms with Gasteiger partial charge in [-0.3, -0.25) is 9.10 Å². The molecule has 0 saturated carbocycles. The molecule has 8 nitrogen and oxygen atoms in total. The van der Waals surface area contributed by atoms with Gasteiger partial charge in [-0.05, 0) is 53.9 Å². The van der Waals surface area contributed by atoms with Crippen molar-refractivity contribution in [3.63, 3.8) is 0 Å². The molecule has 0 saturated heterocycles. The largest absolute Gasteiger partial charge is 0.452 e. The van der Waals surface area contributed by atoms with Gasteiger partial charge < -0.3 is 10.1 Å². The second-order valence-corrected chi connectivity index (χ2v) is 9.50. The number of sulfonamides is 1. The fourth-order valence-corrected chi connectivity index (χ4v) is 5.23. The van der Waals surface area contributed by atoms with Crippen LogP contribution in [0.2, 0.25) is 0 Å². The van der Waals surface area contributed by atoms with Crippen molar-refractivity contribution in [2.24, 2.45) is 0 Å². The second kappa shape index (κ2) is 9.77.